The van der Waals surface area contributed by atoms with Crippen LogP contribution in [-0.4, -0.2) is 31.3 Å². The predicted molar refractivity (Wildman–Crippen MR) is 146 cm³/mol. The maximum atomic E-state index is 13.9. The first-order chi connectivity index (χ1) is 19.5. The van der Waals surface area contributed by atoms with Gasteiger partial charge in [-0.3, -0.25) is 9.48 Å². The minimum Gasteiger partial charge on any atom is -0.478 e. The SMILES string of the molecule is Cn1ccc(-c2cc(C(=O)NC3(c4ccc(C(=O)O)cc4)CC3)c3c(ccn3Cc3ccc(C(F)(F)F)cc3)c2)n1. The molecule has 0 aliphatic heterocycles. The zero-order chi connectivity index (χ0) is 28.9. The first-order valence-corrected chi connectivity index (χ1v) is 13.0. The van der Waals surface area contributed by atoms with E-state index < -0.39 is 23.2 Å². The first-order valence-electron chi connectivity index (χ1n) is 13.0. The lowest BCUT2D eigenvalue weighted by molar-refractivity contribution is -0.137. The number of aryl methyl sites for hydroxylation is 1. The standard InChI is InChI=1S/C31H25F3N4O3/c1-37-14-11-26(36-37)22-16-21-10-15-38(18-19-2-6-24(7-3-19)31(32,33)34)27(21)25(17-22)28(39)35-30(12-13-30)23-8-4-20(5-9-23)29(40)41/h2-11,14-17H,12-13,18H2,1H3,(H,35,39)(H,40,41). The number of carbonyl (C=O) groups excluding carboxylic acids is 1. The monoisotopic (exact) mass is 558 g/mol. The number of nitrogens with zero attached hydrogens (tertiary/aromatic N) is 3. The fourth-order valence-electron chi connectivity index (χ4n) is 5.19. The van der Waals surface area contributed by atoms with Crippen molar-refractivity contribution >= 4 is 22.8 Å². The number of halogens is 3. The van der Waals surface area contributed by atoms with Crippen LogP contribution in [-0.2, 0) is 25.3 Å². The lowest BCUT2D eigenvalue weighted by Gasteiger charge is -2.20. The molecule has 10 heteroatoms. The average molecular weight is 559 g/mol. The Morgan fingerprint density at radius 2 is 1.68 bits per heavy atom. The van der Waals surface area contributed by atoms with Crippen LogP contribution in [0.15, 0.2) is 85.2 Å². The number of benzene rings is 3. The summed E-state index contributed by atoms with van der Waals surface area (Å²) in [6.45, 7) is 0.270. The fraction of sp³-hybridized carbons (Fsp3) is 0.194. The minimum atomic E-state index is -4.42. The largest absolute Gasteiger partial charge is 0.478 e. The topological polar surface area (TPSA) is 89.1 Å². The highest BCUT2D eigenvalue weighted by Crippen LogP contribution is 2.46. The molecule has 0 radical (unpaired) electrons. The van der Waals surface area contributed by atoms with Gasteiger partial charge >= 0.3 is 12.1 Å². The molecule has 2 heterocycles. The third-order valence-corrected chi connectivity index (χ3v) is 7.54. The maximum absolute atomic E-state index is 13.9. The van der Waals surface area contributed by atoms with Gasteiger partial charge in [0.1, 0.15) is 0 Å². The van der Waals surface area contributed by atoms with Gasteiger partial charge in [0.2, 0.25) is 0 Å². The zero-order valence-electron chi connectivity index (χ0n) is 21.9. The van der Waals surface area contributed by atoms with E-state index in [1.54, 1.807) is 22.9 Å². The maximum Gasteiger partial charge on any atom is 0.416 e. The molecule has 3 aromatic carbocycles. The van der Waals surface area contributed by atoms with Crippen molar-refractivity contribution in [3.8, 4) is 11.3 Å². The van der Waals surface area contributed by atoms with Crippen molar-refractivity contribution in [2.45, 2.75) is 31.1 Å². The molecule has 0 unspecified atom stereocenters. The van der Waals surface area contributed by atoms with Crippen LogP contribution in [0.25, 0.3) is 22.2 Å². The number of alkyl halides is 3. The summed E-state index contributed by atoms with van der Waals surface area (Å²) in [5.74, 6) is -1.33. The molecular formula is C31H25F3N4O3. The third kappa shape index (κ3) is 5.08. The molecule has 0 saturated heterocycles. The molecule has 2 N–H and O–H groups in total. The lowest BCUT2D eigenvalue weighted by atomic mass is 10.0. The highest BCUT2D eigenvalue weighted by Gasteiger charge is 2.46. The molecule has 2 aromatic heterocycles. The van der Waals surface area contributed by atoms with Gasteiger partial charge in [0, 0.05) is 36.9 Å². The van der Waals surface area contributed by atoms with Gasteiger partial charge in [0.05, 0.1) is 33.4 Å². The quantitative estimate of drug-likeness (QED) is 0.248. The van der Waals surface area contributed by atoms with Gasteiger partial charge in [-0.1, -0.05) is 24.3 Å². The molecule has 0 spiro atoms. The smallest absolute Gasteiger partial charge is 0.416 e. The van der Waals surface area contributed by atoms with Crippen LogP contribution in [0.5, 0.6) is 0 Å². The van der Waals surface area contributed by atoms with Gasteiger partial charge in [-0.05, 0) is 72.5 Å². The van der Waals surface area contributed by atoms with Crippen molar-refractivity contribution in [2.75, 3.05) is 0 Å². The molecule has 7 nitrogen and oxygen atoms in total. The number of aromatic carboxylic acids is 1. The molecule has 5 aromatic rings. The Bertz CT molecular complexity index is 1780. The Morgan fingerprint density at radius 1 is 0.976 bits per heavy atom. The van der Waals surface area contributed by atoms with Crippen LogP contribution < -0.4 is 5.32 Å². The Kier molecular flexibility index (Phi) is 6.21. The average Bonchev–Trinajstić information content (AvgIpc) is 3.41. The lowest BCUT2D eigenvalue weighted by Crippen LogP contribution is -2.35. The van der Waals surface area contributed by atoms with Crippen molar-refractivity contribution in [1.29, 1.82) is 0 Å². The molecule has 1 amide bonds. The highest BCUT2D eigenvalue weighted by molar-refractivity contribution is 6.08. The molecule has 1 aliphatic rings. The molecule has 1 fully saturated rings. The van der Waals surface area contributed by atoms with Crippen LogP contribution in [0.3, 0.4) is 0 Å². The van der Waals surface area contributed by atoms with E-state index in [1.807, 2.05) is 42.2 Å². The minimum absolute atomic E-state index is 0.168. The number of hydrogen-bond donors (Lipinski definition) is 2. The first kappa shape index (κ1) is 26.4. The van der Waals surface area contributed by atoms with Crippen LogP contribution >= 0.6 is 0 Å². The summed E-state index contributed by atoms with van der Waals surface area (Å²) in [5.41, 5.74) is 2.85. The molecule has 208 valence electrons. The molecule has 0 bridgehead atoms. The van der Waals surface area contributed by atoms with E-state index in [-0.39, 0.29) is 18.0 Å². The second-order valence-electron chi connectivity index (χ2n) is 10.4. The Balaban J connectivity index is 1.38. The Morgan fingerprint density at radius 3 is 2.27 bits per heavy atom. The summed E-state index contributed by atoms with van der Waals surface area (Å²) in [7, 11) is 1.81. The van der Waals surface area contributed by atoms with Crippen molar-refractivity contribution in [1.82, 2.24) is 19.7 Å². The second-order valence-corrected chi connectivity index (χ2v) is 10.4. The van der Waals surface area contributed by atoms with E-state index >= 15 is 0 Å². The summed E-state index contributed by atoms with van der Waals surface area (Å²) < 4.78 is 42.7. The van der Waals surface area contributed by atoms with Gasteiger partial charge in [-0.25, -0.2) is 4.79 Å². The summed E-state index contributed by atoms with van der Waals surface area (Å²) >= 11 is 0. The molecular weight excluding hydrogens is 533 g/mol. The number of fused-ring (bicyclic) bond motifs is 1. The van der Waals surface area contributed by atoms with E-state index in [1.165, 1.54) is 24.3 Å². The second kappa shape index (κ2) is 9.65. The van der Waals surface area contributed by atoms with E-state index in [4.69, 9.17) is 0 Å². The summed E-state index contributed by atoms with van der Waals surface area (Å²) in [6.07, 6.45) is 0.633. The fourth-order valence-corrected chi connectivity index (χ4v) is 5.19. The Labute approximate surface area is 232 Å². The van der Waals surface area contributed by atoms with Gasteiger partial charge < -0.3 is 15.0 Å². The van der Waals surface area contributed by atoms with Gasteiger partial charge in [0.15, 0.2) is 0 Å². The van der Waals surface area contributed by atoms with E-state index in [0.717, 1.165) is 28.6 Å². The molecule has 1 saturated carbocycles. The van der Waals surface area contributed by atoms with E-state index in [9.17, 15) is 27.9 Å². The van der Waals surface area contributed by atoms with Gasteiger partial charge in [-0.15, -0.1) is 0 Å². The molecule has 1 aliphatic carbocycles. The zero-order valence-corrected chi connectivity index (χ0v) is 21.9. The number of amides is 1. The number of nitrogens with one attached hydrogen (secondary N) is 1. The normalized spacial score (nSPS) is 14.2. The van der Waals surface area contributed by atoms with Gasteiger partial charge in [0.25, 0.3) is 5.91 Å². The van der Waals surface area contributed by atoms with Crippen LogP contribution in [0.2, 0.25) is 0 Å². The number of carboxylic acid groups (broad SMARTS) is 1. The van der Waals surface area contributed by atoms with Crippen molar-refractivity contribution in [2.24, 2.45) is 7.05 Å². The molecule has 6 rings (SSSR count). The number of aromatic nitrogens is 3. The highest BCUT2D eigenvalue weighted by atomic mass is 19.4. The number of rotatable bonds is 7. The third-order valence-electron chi connectivity index (χ3n) is 7.54. The van der Waals surface area contributed by atoms with E-state index in [0.29, 0.717) is 35.2 Å². The van der Waals surface area contributed by atoms with Crippen LogP contribution in [0, 0.1) is 0 Å². The van der Waals surface area contributed by atoms with Crippen molar-refractivity contribution in [3.63, 3.8) is 0 Å². The summed E-state index contributed by atoms with van der Waals surface area (Å²) in [5, 5.41) is 17.7. The number of carboxylic acids is 1. The van der Waals surface area contributed by atoms with Crippen molar-refractivity contribution in [3.05, 3.63) is 113 Å². The number of hydrogen-bond acceptors (Lipinski definition) is 3. The summed E-state index contributed by atoms with van der Waals surface area (Å²) in [4.78, 5) is 25.2. The van der Waals surface area contributed by atoms with Crippen LogP contribution in [0.4, 0.5) is 13.2 Å². The molecule has 41 heavy (non-hydrogen) atoms. The van der Waals surface area contributed by atoms with Gasteiger partial charge in [-0.2, -0.15) is 18.3 Å². The Hall–Kier alpha value is -4.86. The number of carbonyl (C=O) groups is 2. The van der Waals surface area contributed by atoms with Crippen molar-refractivity contribution < 1.29 is 27.9 Å². The summed E-state index contributed by atoms with van der Waals surface area (Å²) in [6, 6.07) is 19.0. The van der Waals surface area contributed by atoms with E-state index in [2.05, 4.69) is 10.4 Å². The molecule has 0 atom stereocenters. The predicted octanol–water partition coefficient (Wildman–Crippen LogP) is 6.23. The van der Waals surface area contributed by atoms with Crippen LogP contribution in [0.1, 0.15) is 50.2 Å².